The first-order chi connectivity index (χ1) is 9.88. The number of halogens is 1. The molecule has 1 aromatic carbocycles. The van der Waals surface area contributed by atoms with E-state index < -0.39 is 9.84 Å². The molecular formula is C15H23ClN2O2S. The van der Waals surface area contributed by atoms with Gasteiger partial charge in [-0.15, -0.1) is 0 Å². The average molecular weight is 331 g/mol. The van der Waals surface area contributed by atoms with Crippen molar-refractivity contribution in [3.63, 3.8) is 0 Å². The molecule has 1 aliphatic heterocycles. The van der Waals surface area contributed by atoms with Crippen LogP contribution in [0.1, 0.15) is 18.4 Å². The topological polar surface area (TPSA) is 49.4 Å². The van der Waals surface area contributed by atoms with Gasteiger partial charge in [0, 0.05) is 23.4 Å². The van der Waals surface area contributed by atoms with Crippen LogP contribution in [0.5, 0.6) is 0 Å². The third kappa shape index (κ3) is 4.68. The molecule has 1 fully saturated rings. The van der Waals surface area contributed by atoms with Gasteiger partial charge in [-0.3, -0.25) is 0 Å². The number of nitrogens with zero attached hydrogens (tertiary/aromatic N) is 1. The molecule has 1 saturated heterocycles. The molecule has 4 nitrogen and oxygen atoms in total. The molecule has 118 valence electrons. The minimum Gasteiger partial charge on any atom is -0.312 e. The molecule has 0 amide bonds. The Morgan fingerprint density at radius 2 is 2.00 bits per heavy atom. The standard InChI is InChI=1S/C15H23ClN2O2S/c1-18-8-6-12(7-9-18)10-17-11-13-14(16)4-3-5-15(13)21(2,19)20/h3-5,12,17H,6-11H2,1-2H3. The highest BCUT2D eigenvalue weighted by molar-refractivity contribution is 7.90. The minimum atomic E-state index is -3.25. The number of hydrogen-bond donors (Lipinski definition) is 1. The predicted molar refractivity (Wildman–Crippen MR) is 86.5 cm³/mol. The fourth-order valence-corrected chi connectivity index (χ4v) is 3.98. The van der Waals surface area contributed by atoms with Crippen molar-refractivity contribution in [2.75, 3.05) is 32.9 Å². The molecule has 1 heterocycles. The van der Waals surface area contributed by atoms with E-state index in [4.69, 9.17) is 11.6 Å². The summed E-state index contributed by atoms with van der Waals surface area (Å²) in [7, 11) is -1.11. The van der Waals surface area contributed by atoms with Crippen molar-refractivity contribution in [2.45, 2.75) is 24.3 Å². The lowest BCUT2D eigenvalue weighted by atomic mass is 9.97. The van der Waals surface area contributed by atoms with Crippen molar-refractivity contribution in [1.29, 1.82) is 0 Å². The van der Waals surface area contributed by atoms with Crippen molar-refractivity contribution in [2.24, 2.45) is 5.92 Å². The van der Waals surface area contributed by atoms with E-state index in [9.17, 15) is 8.42 Å². The summed E-state index contributed by atoms with van der Waals surface area (Å²) in [6.45, 7) is 3.66. The Balaban J connectivity index is 1.97. The molecule has 21 heavy (non-hydrogen) atoms. The van der Waals surface area contributed by atoms with Crippen LogP contribution in [0.2, 0.25) is 5.02 Å². The van der Waals surface area contributed by atoms with Gasteiger partial charge < -0.3 is 10.2 Å². The van der Waals surface area contributed by atoms with Crippen LogP contribution in [-0.2, 0) is 16.4 Å². The summed E-state index contributed by atoms with van der Waals surface area (Å²) in [5.41, 5.74) is 0.676. The monoisotopic (exact) mass is 330 g/mol. The molecule has 0 aromatic heterocycles. The van der Waals surface area contributed by atoms with Crippen LogP contribution in [0.25, 0.3) is 0 Å². The fraction of sp³-hybridized carbons (Fsp3) is 0.600. The third-order valence-electron chi connectivity index (χ3n) is 4.05. The third-order valence-corrected chi connectivity index (χ3v) is 5.58. The Hall–Kier alpha value is -0.620. The molecule has 1 N–H and O–H groups in total. The van der Waals surface area contributed by atoms with E-state index in [1.54, 1.807) is 18.2 Å². The number of benzene rings is 1. The fourth-order valence-electron chi connectivity index (χ4n) is 2.73. The normalized spacial score (nSPS) is 18.0. The molecule has 1 aromatic rings. The van der Waals surface area contributed by atoms with Crippen molar-refractivity contribution in [3.8, 4) is 0 Å². The maximum absolute atomic E-state index is 11.8. The molecule has 0 saturated carbocycles. The van der Waals surface area contributed by atoms with E-state index in [0.717, 1.165) is 19.6 Å². The van der Waals surface area contributed by atoms with Gasteiger partial charge in [-0.25, -0.2) is 8.42 Å². The summed E-state index contributed by atoms with van der Waals surface area (Å²) in [6.07, 6.45) is 3.59. The van der Waals surface area contributed by atoms with Crippen LogP contribution >= 0.6 is 11.6 Å². The van der Waals surface area contributed by atoms with E-state index in [0.29, 0.717) is 27.9 Å². The van der Waals surface area contributed by atoms with Gasteiger partial charge in [-0.2, -0.15) is 0 Å². The first-order valence-corrected chi connectivity index (χ1v) is 9.51. The maximum Gasteiger partial charge on any atom is 0.175 e. The Morgan fingerprint density at radius 1 is 1.33 bits per heavy atom. The van der Waals surface area contributed by atoms with Gasteiger partial charge in [0.15, 0.2) is 9.84 Å². The van der Waals surface area contributed by atoms with Crippen molar-refractivity contribution in [3.05, 3.63) is 28.8 Å². The summed E-state index contributed by atoms with van der Waals surface area (Å²) in [5, 5.41) is 3.88. The number of likely N-dealkylation sites (tertiary alicyclic amines) is 1. The summed E-state index contributed by atoms with van der Waals surface area (Å²) in [6, 6.07) is 5.04. The summed E-state index contributed by atoms with van der Waals surface area (Å²) < 4.78 is 23.6. The van der Waals surface area contributed by atoms with E-state index in [2.05, 4.69) is 17.3 Å². The van der Waals surface area contributed by atoms with Crippen LogP contribution in [-0.4, -0.2) is 46.3 Å². The van der Waals surface area contributed by atoms with Gasteiger partial charge in [0.25, 0.3) is 0 Å². The smallest absolute Gasteiger partial charge is 0.175 e. The molecule has 0 unspecified atom stereocenters. The van der Waals surface area contributed by atoms with Crippen LogP contribution in [0, 0.1) is 5.92 Å². The minimum absolute atomic E-state index is 0.325. The van der Waals surface area contributed by atoms with Crippen molar-refractivity contribution in [1.82, 2.24) is 10.2 Å². The van der Waals surface area contributed by atoms with E-state index in [1.807, 2.05) is 0 Å². The van der Waals surface area contributed by atoms with Gasteiger partial charge >= 0.3 is 0 Å². The molecule has 1 aliphatic rings. The zero-order valence-corrected chi connectivity index (χ0v) is 14.2. The second kappa shape index (κ2) is 7.09. The number of hydrogen-bond acceptors (Lipinski definition) is 4. The highest BCUT2D eigenvalue weighted by Crippen LogP contribution is 2.24. The number of nitrogens with one attached hydrogen (secondary N) is 1. The second-order valence-electron chi connectivity index (χ2n) is 5.87. The Kier molecular flexibility index (Phi) is 5.66. The molecule has 2 rings (SSSR count). The van der Waals surface area contributed by atoms with E-state index in [-0.39, 0.29) is 0 Å². The highest BCUT2D eigenvalue weighted by atomic mass is 35.5. The molecule has 0 spiro atoms. The van der Waals surface area contributed by atoms with Gasteiger partial charge in [-0.05, 0) is 57.6 Å². The lowest BCUT2D eigenvalue weighted by Gasteiger charge is -2.29. The molecule has 0 bridgehead atoms. The quantitative estimate of drug-likeness (QED) is 0.899. The van der Waals surface area contributed by atoms with Crippen LogP contribution in [0.3, 0.4) is 0 Å². The number of sulfone groups is 1. The molecule has 0 aliphatic carbocycles. The Bertz CT molecular complexity index is 581. The maximum atomic E-state index is 11.8. The average Bonchev–Trinajstić information content (AvgIpc) is 2.41. The van der Waals surface area contributed by atoms with E-state index in [1.165, 1.54) is 19.1 Å². The van der Waals surface area contributed by atoms with Gasteiger partial charge in [-0.1, -0.05) is 17.7 Å². The van der Waals surface area contributed by atoms with Gasteiger partial charge in [0.2, 0.25) is 0 Å². The van der Waals surface area contributed by atoms with Crippen LogP contribution in [0.15, 0.2) is 23.1 Å². The number of piperidine rings is 1. The second-order valence-corrected chi connectivity index (χ2v) is 8.26. The SMILES string of the molecule is CN1CCC(CNCc2c(Cl)cccc2S(C)(=O)=O)CC1. The lowest BCUT2D eigenvalue weighted by molar-refractivity contribution is 0.216. The van der Waals surface area contributed by atoms with E-state index >= 15 is 0 Å². The van der Waals surface area contributed by atoms with Crippen LogP contribution in [0.4, 0.5) is 0 Å². The zero-order valence-electron chi connectivity index (χ0n) is 12.6. The summed E-state index contributed by atoms with van der Waals surface area (Å²) in [4.78, 5) is 2.66. The highest BCUT2D eigenvalue weighted by Gasteiger charge is 2.18. The zero-order chi connectivity index (χ0) is 15.5. The molecule has 0 radical (unpaired) electrons. The van der Waals surface area contributed by atoms with Crippen molar-refractivity contribution < 1.29 is 8.42 Å². The largest absolute Gasteiger partial charge is 0.312 e. The Labute approximate surface area is 132 Å². The van der Waals surface area contributed by atoms with Gasteiger partial charge in [0.05, 0.1) is 4.90 Å². The summed E-state index contributed by atoms with van der Waals surface area (Å²) in [5.74, 6) is 0.658. The predicted octanol–water partition coefficient (Wildman–Crippen LogP) is 2.17. The summed E-state index contributed by atoms with van der Waals surface area (Å²) >= 11 is 6.16. The molecular weight excluding hydrogens is 308 g/mol. The van der Waals surface area contributed by atoms with Crippen LogP contribution < -0.4 is 5.32 Å². The molecule has 6 heteroatoms. The van der Waals surface area contributed by atoms with Gasteiger partial charge in [0.1, 0.15) is 0 Å². The first kappa shape index (κ1) is 16.7. The first-order valence-electron chi connectivity index (χ1n) is 7.24. The number of rotatable bonds is 5. The Morgan fingerprint density at radius 3 is 2.62 bits per heavy atom. The lowest BCUT2D eigenvalue weighted by Crippen LogP contribution is -2.34. The molecule has 0 atom stereocenters. The van der Waals surface area contributed by atoms with Crippen molar-refractivity contribution >= 4 is 21.4 Å².